The summed E-state index contributed by atoms with van der Waals surface area (Å²) in [4.78, 5) is 0. The molecule has 18 heavy (non-hydrogen) atoms. The predicted molar refractivity (Wildman–Crippen MR) is 74.6 cm³/mol. The molecule has 1 N–H and O–H groups in total. The summed E-state index contributed by atoms with van der Waals surface area (Å²) in [6.45, 7) is 5.38. The Balaban J connectivity index is 1.84. The van der Waals surface area contributed by atoms with E-state index in [1.165, 1.54) is 24.0 Å². The fraction of sp³-hybridized carbons (Fsp3) is 0.600. The predicted octanol–water partition coefficient (Wildman–Crippen LogP) is 3.35. The van der Waals surface area contributed by atoms with E-state index in [1.54, 1.807) is 0 Å². The number of hydrogen-bond acceptors (Lipinski definition) is 2. The van der Waals surface area contributed by atoms with E-state index in [2.05, 4.69) is 31.3 Å². The van der Waals surface area contributed by atoms with Crippen molar-refractivity contribution < 1.29 is 4.74 Å². The molecule has 2 heterocycles. The maximum atomic E-state index is 6.34. The molecular formula is C15H20ClNO. The van der Waals surface area contributed by atoms with Gasteiger partial charge in [0.25, 0.3) is 0 Å². The summed E-state index contributed by atoms with van der Waals surface area (Å²) in [5, 5.41) is 4.30. The lowest BCUT2D eigenvalue weighted by atomic mass is 9.97. The van der Waals surface area contributed by atoms with Crippen molar-refractivity contribution in [3.8, 4) is 5.75 Å². The molecule has 2 aliphatic rings. The van der Waals surface area contributed by atoms with Crippen LogP contribution in [0.2, 0.25) is 5.02 Å². The Morgan fingerprint density at radius 2 is 2.28 bits per heavy atom. The highest BCUT2D eigenvalue weighted by molar-refractivity contribution is 6.32. The molecule has 1 aromatic carbocycles. The van der Waals surface area contributed by atoms with Gasteiger partial charge in [0.1, 0.15) is 11.4 Å². The van der Waals surface area contributed by atoms with Crippen molar-refractivity contribution in [1.82, 2.24) is 5.32 Å². The van der Waals surface area contributed by atoms with Crippen LogP contribution in [-0.2, 0) is 12.8 Å². The third-order valence-electron chi connectivity index (χ3n) is 3.82. The van der Waals surface area contributed by atoms with Crippen molar-refractivity contribution in [1.29, 1.82) is 0 Å². The van der Waals surface area contributed by atoms with Crippen molar-refractivity contribution >= 4 is 11.6 Å². The van der Waals surface area contributed by atoms with E-state index in [0.29, 0.717) is 6.04 Å². The van der Waals surface area contributed by atoms with Crippen molar-refractivity contribution in [3.63, 3.8) is 0 Å². The molecule has 1 atom stereocenters. The minimum Gasteiger partial charge on any atom is -0.486 e. The highest BCUT2D eigenvalue weighted by Gasteiger charge is 2.32. The second kappa shape index (κ2) is 4.43. The highest BCUT2D eigenvalue weighted by atomic mass is 35.5. The Hall–Kier alpha value is -0.730. The van der Waals surface area contributed by atoms with Crippen molar-refractivity contribution in [2.75, 3.05) is 6.54 Å². The number of nitrogens with one attached hydrogen (secondary N) is 1. The summed E-state index contributed by atoms with van der Waals surface area (Å²) in [5.41, 5.74) is 2.48. The SMILES string of the molecule is CC1(C)Cc2cc(CC3CCCN3)cc(Cl)c2O1. The Morgan fingerprint density at radius 1 is 1.44 bits per heavy atom. The van der Waals surface area contributed by atoms with Crippen LogP contribution in [0.1, 0.15) is 37.8 Å². The fourth-order valence-corrected chi connectivity index (χ4v) is 3.36. The van der Waals surface area contributed by atoms with Gasteiger partial charge in [-0.1, -0.05) is 17.7 Å². The molecule has 2 aliphatic heterocycles. The first kappa shape index (κ1) is 12.3. The maximum absolute atomic E-state index is 6.34. The lowest BCUT2D eigenvalue weighted by Crippen LogP contribution is -2.24. The molecule has 3 rings (SSSR count). The van der Waals surface area contributed by atoms with Crippen LogP contribution < -0.4 is 10.1 Å². The summed E-state index contributed by atoms with van der Waals surface area (Å²) in [6.07, 6.45) is 4.59. The van der Waals surface area contributed by atoms with E-state index in [0.717, 1.165) is 30.2 Å². The van der Waals surface area contributed by atoms with Crippen LogP contribution in [0.3, 0.4) is 0 Å². The van der Waals surface area contributed by atoms with Crippen LogP contribution in [0.25, 0.3) is 0 Å². The maximum Gasteiger partial charge on any atom is 0.142 e. The largest absolute Gasteiger partial charge is 0.486 e. The minimum atomic E-state index is -0.115. The summed E-state index contributed by atoms with van der Waals surface area (Å²) in [7, 11) is 0. The van der Waals surface area contributed by atoms with Gasteiger partial charge in [-0.25, -0.2) is 0 Å². The average molecular weight is 266 g/mol. The van der Waals surface area contributed by atoms with Crippen LogP contribution >= 0.6 is 11.6 Å². The molecule has 98 valence electrons. The quantitative estimate of drug-likeness (QED) is 0.886. The molecule has 0 spiro atoms. The molecule has 1 unspecified atom stereocenters. The zero-order chi connectivity index (χ0) is 12.8. The number of halogens is 1. The van der Waals surface area contributed by atoms with Gasteiger partial charge in [0.05, 0.1) is 5.02 Å². The van der Waals surface area contributed by atoms with E-state index in [9.17, 15) is 0 Å². The van der Waals surface area contributed by atoms with Crippen LogP contribution in [0.15, 0.2) is 12.1 Å². The molecule has 1 saturated heterocycles. The number of ether oxygens (including phenoxy) is 1. The molecule has 0 aliphatic carbocycles. The first-order valence-corrected chi connectivity index (χ1v) is 7.15. The first-order chi connectivity index (χ1) is 8.53. The van der Waals surface area contributed by atoms with Gasteiger partial charge in [0.15, 0.2) is 0 Å². The van der Waals surface area contributed by atoms with Gasteiger partial charge in [-0.2, -0.15) is 0 Å². The highest BCUT2D eigenvalue weighted by Crippen LogP contribution is 2.41. The molecule has 0 aromatic heterocycles. The van der Waals surface area contributed by atoms with E-state index >= 15 is 0 Å². The molecular weight excluding hydrogens is 246 g/mol. The number of benzene rings is 1. The molecule has 0 saturated carbocycles. The van der Waals surface area contributed by atoms with E-state index in [1.807, 2.05) is 0 Å². The smallest absolute Gasteiger partial charge is 0.142 e. The molecule has 3 heteroatoms. The molecule has 1 aromatic rings. The zero-order valence-corrected chi connectivity index (χ0v) is 11.8. The molecule has 2 nitrogen and oxygen atoms in total. The topological polar surface area (TPSA) is 21.3 Å². The lowest BCUT2D eigenvalue weighted by Gasteiger charge is -2.17. The fourth-order valence-electron chi connectivity index (χ4n) is 3.06. The number of fused-ring (bicyclic) bond motifs is 1. The molecule has 0 amide bonds. The van der Waals surface area contributed by atoms with Crippen molar-refractivity contribution in [2.24, 2.45) is 0 Å². The number of rotatable bonds is 2. The third kappa shape index (κ3) is 2.36. The Labute approximate surface area is 114 Å². The normalized spacial score (nSPS) is 24.9. The number of hydrogen-bond donors (Lipinski definition) is 1. The molecule has 0 bridgehead atoms. The Morgan fingerprint density at radius 3 is 3.00 bits per heavy atom. The van der Waals surface area contributed by atoms with Crippen molar-refractivity contribution in [3.05, 3.63) is 28.3 Å². The summed E-state index contributed by atoms with van der Waals surface area (Å²) in [6, 6.07) is 4.96. The van der Waals surface area contributed by atoms with Crippen LogP contribution in [0.5, 0.6) is 5.75 Å². The van der Waals surface area contributed by atoms with Gasteiger partial charge in [-0.3, -0.25) is 0 Å². The summed E-state index contributed by atoms with van der Waals surface area (Å²) in [5.74, 6) is 0.893. The summed E-state index contributed by atoms with van der Waals surface area (Å²) < 4.78 is 5.90. The van der Waals surface area contributed by atoms with Crippen molar-refractivity contribution in [2.45, 2.75) is 51.2 Å². The van der Waals surface area contributed by atoms with Crippen LogP contribution in [0.4, 0.5) is 0 Å². The molecule has 0 radical (unpaired) electrons. The van der Waals surface area contributed by atoms with E-state index in [4.69, 9.17) is 16.3 Å². The lowest BCUT2D eigenvalue weighted by molar-refractivity contribution is 0.138. The summed E-state index contributed by atoms with van der Waals surface area (Å²) >= 11 is 6.34. The monoisotopic (exact) mass is 265 g/mol. The van der Waals surface area contributed by atoms with Gasteiger partial charge < -0.3 is 10.1 Å². The Kier molecular flexibility index (Phi) is 3.03. The van der Waals surface area contributed by atoms with Crippen LogP contribution in [0, 0.1) is 0 Å². The molecule has 1 fully saturated rings. The van der Waals surface area contributed by atoms with E-state index < -0.39 is 0 Å². The minimum absolute atomic E-state index is 0.115. The second-order valence-electron chi connectivity index (χ2n) is 6.10. The van der Waals surface area contributed by atoms with Gasteiger partial charge in [0, 0.05) is 12.5 Å². The zero-order valence-electron chi connectivity index (χ0n) is 11.1. The standard InChI is InChI=1S/C15H20ClNO/c1-15(2)9-11-6-10(7-12-4-3-5-17-12)8-13(16)14(11)18-15/h6,8,12,17H,3-5,7,9H2,1-2H3. The third-order valence-corrected chi connectivity index (χ3v) is 4.10. The van der Waals surface area contributed by atoms with E-state index in [-0.39, 0.29) is 5.60 Å². The second-order valence-corrected chi connectivity index (χ2v) is 6.51. The van der Waals surface area contributed by atoms with Crippen LogP contribution in [-0.4, -0.2) is 18.2 Å². The first-order valence-electron chi connectivity index (χ1n) is 6.77. The van der Waals surface area contributed by atoms with Gasteiger partial charge in [-0.05, 0) is 56.8 Å². The Bertz CT molecular complexity index is 464. The average Bonchev–Trinajstić information content (AvgIpc) is 2.85. The van der Waals surface area contributed by atoms with Gasteiger partial charge in [0.2, 0.25) is 0 Å². The van der Waals surface area contributed by atoms with Gasteiger partial charge in [-0.15, -0.1) is 0 Å². The van der Waals surface area contributed by atoms with Gasteiger partial charge >= 0.3 is 0 Å².